The van der Waals surface area contributed by atoms with Crippen LogP contribution in [0.1, 0.15) is 4.88 Å². The number of hydrogen-bond acceptors (Lipinski definition) is 5. The average molecular weight is 328 g/mol. The van der Waals surface area contributed by atoms with Crippen LogP contribution in [0.4, 0.5) is 0 Å². The lowest BCUT2D eigenvalue weighted by Gasteiger charge is -2.12. The fourth-order valence-corrected chi connectivity index (χ4v) is 3.68. The van der Waals surface area contributed by atoms with Crippen LogP contribution in [0.2, 0.25) is 0 Å². The van der Waals surface area contributed by atoms with E-state index >= 15 is 0 Å². The number of carbonyl (C=O) groups is 2. The summed E-state index contributed by atoms with van der Waals surface area (Å²) in [5.41, 5.74) is -0.0607. The standard InChI is InChI=1S/C9HCl3O3S2/c10-4-3(2-1-16-9(15)17-2)7(13)5(11)6(12)8(4)14/h1H. The van der Waals surface area contributed by atoms with Gasteiger partial charge >= 0.3 is 0 Å². The van der Waals surface area contributed by atoms with E-state index in [1.165, 1.54) is 5.38 Å². The summed E-state index contributed by atoms with van der Waals surface area (Å²) in [6, 6.07) is 0. The van der Waals surface area contributed by atoms with E-state index in [0.717, 1.165) is 22.7 Å². The number of hydrogen-bond donors (Lipinski definition) is 0. The molecule has 88 valence electrons. The van der Waals surface area contributed by atoms with Crippen molar-refractivity contribution in [2.24, 2.45) is 0 Å². The summed E-state index contributed by atoms with van der Waals surface area (Å²) in [4.78, 5) is 34.8. The van der Waals surface area contributed by atoms with Gasteiger partial charge in [-0.05, 0) is 0 Å². The van der Waals surface area contributed by atoms with E-state index in [-0.39, 0.29) is 19.7 Å². The van der Waals surface area contributed by atoms with Gasteiger partial charge in [0.2, 0.25) is 11.6 Å². The fraction of sp³-hybridized carbons (Fsp3) is 0. The van der Waals surface area contributed by atoms with Crippen LogP contribution >= 0.6 is 57.5 Å². The van der Waals surface area contributed by atoms with E-state index in [1.807, 2.05) is 0 Å². The summed E-state index contributed by atoms with van der Waals surface area (Å²) in [6.45, 7) is 0. The Morgan fingerprint density at radius 2 is 1.47 bits per heavy atom. The number of rotatable bonds is 1. The Bertz CT molecular complexity index is 650. The molecule has 0 aliphatic heterocycles. The highest BCUT2D eigenvalue weighted by atomic mass is 35.5. The van der Waals surface area contributed by atoms with Gasteiger partial charge in [0.1, 0.15) is 15.1 Å². The normalized spacial score (nSPS) is 17.1. The van der Waals surface area contributed by atoms with Crippen LogP contribution in [0.25, 0.3) is 5.57 Å². The zero-order chi connectivity index (χ0) is 12.7. The maximum absolute atomic E-state index is 11.8. The molecule has 0 atom stereocenters. The Balaban J connectivity index is 2.65. The Labute approximate surface area is 118 Å². The topological polar surface area (TPSA) is 51.2 Å². The van der Waals surface area contributed by atoms with Gasteiger partial charge in [-0.1, -0.05) is 57.5 Å². The lowest BCUT2D eigenvalue weighted by molar-refractivity contribution is -0.114. The van der Waals surface area contributed by atoms with Gasteiger partial charge < -0.3 is 0 Å². The number of halogens is 3. The van der Waals surface area contributed by atoms with Crippen molar-refractivity contribution in [3.8, 4) is 0 Å². The molecule has 0 unspecified atom stereocenters. The van der Waals surface area contributed by atoms with E-state index in [1.54, 1.807) is 0 Å². The van der Waals surface area contributed by atoms with Gasteiger partial charge in [-0.3, -0.25) is 14.4 Å². The van der Waals surface area contributed by atoms with Gasteiger partial charge in [-0.25, -0.2) is 0 Å². The predicted octanol–water partition coefficient (Wildman–Crippen LogP) is 2.96. The first kappa shape index (κ1) is 13.0. The second-order valence-corrected chi connectivity index (χ2v) is 6.18. The Kier molecular flexibility index (Phi) is 3.56. The highest BCUT2D eigenvalue weighted by Gasteiger charge is 2.33. The van der Waals surface area contributed by atoms with E-state index in [2.05, 4.69) is 0 Å². The smallest absolute Gasteiger partial charge is 0.287 e. The molecular formula is C9HCl3O3S2. The molecule has 0 amide bonds. The van der Waals surface area contributed by atoms with E-state index in [0.29, 0.717) is 4.88 Å². The second kappa shape index (κ2) is 4.66. The number of carbonyl (C=O) groups excluding carboxylic acids is 2. The van der Waals surface area contributed by atoms with Crippen molar-refractivity contribution < 1.29 is 9.59 Å². The summed E-state index contributed by atoms with van der Waals surface area (Å²) in [6.07, 6.45) is 0. The van der Waals surface area contributed by atoms with Crippen molar-refractivity contribution >= 4 is 74.6 Å². The molecule has 0 saturated heterocycles. The van der Waals surface area contributed by atoms with Gasteiger partial charge in [-0.2, -0.15) is 0 Å². The average Bonchev–Trinajstić information content (AvgIpc) is 2.71. The summed E-state index contributed by atoms with van der Waals surface area (Å²) < 4.78 is -0.200. The van der Waals surface area contributed by atoms with Crippen LogP contribution < -0.4 is 4.06 Å². The second-order valence-electron chi connectivity index (χ2n) is 2.93. The van der Waals surface area contributed by atoms with E-state index < -0.39 is 16.6 Å². The molecule has 1 heterocycles. The van der Waals surface area contributed by atoms with Gasteiger partial charge in [-0.15, -0.1) is 0 Å². The molecule has 0 spiro atoms. The van der Waals surface area contributed by atoms with Crippen molar-refractivity contribution in [3.63, 3.8) is 0 Å². The summed E-state index contributed by atoms with van der Waals surface area (Å²) in [7, 11) is 0. The van der Waals surface area contributed by atoms with Gasteiger partial charge in [0.25, 0.3) is 4.06 Å². The van der Waals surface area contributed by atoms with E-state index in [4.69, 9.17) is 34.8 Å². The van der Waals surface area contributed by atoms with Crippen LogP contribution in [0.3, 0.4) is 0 Å². The highest BCUT2D eigenvalue weighted by Crippen LogP contribution is 2.37. The predicted molar refractivity (Wildman–Crippen MR) is 70.0 cm³/mol. The molecule has 0 bridgehead atoms. The highest BCUT2D eigenvalue weighted by molar-refractivity contribution is 7.27. The molecule has 0 N–H and O–H groups in total. The SMILES string of the molecule is O=C1C(Cl)=C(Cl)C(=O)C(c2csc(=O)s2)=C1Cl. The van der Waals surface area contributed by atoms with Crippen molar-refractivity contribution in [1.29, 1.82) is 0 Å². The molecule has 1 aromatic rings. The Morgan fingerprint density at radius 1 is 0.882 bits per heavy atom. The monoisotopic (exact) mass is 326 g/mol. The van der Waals surface area contributed by atoms with Crippen molar-refractivity contribution in [1.82, 2.24) is 0 Å². The van der Waals surface area contributed by atoms with Crippen molar-refractivity contribution in [2.75, 3.05) is 0 Å². The van der Waals surface area contributed by atoms with Gasteiger partial charge in [0, 0.05) is 5.38 Å². The molecule has 0 saturated carbocycles. The molecule has 0 radical (unpaired) electrons. The van der Waals surface area contributed by atoms with Gasteiger partial charge in [0.05, 0.1) is 10.5 Å². The minimum Gasteiger partial charge on any atom is -0.287 e. The van der Waals surface area contributed by atoms with Crippen molar-refractivity contribution in [2.45, 2.75) is 0 Å². The molecule has 2 rings (SSSR count). The van der Waals surface area contributed by atoms with Gasteiger partial charge in [0.15, 0.2) is 0 Å². The third-order valence-electron chi connectivity index (χ3n) is 1.94. The third-order valence-corrected chi connectivity index (χ3v) is 5.06. The quantitative estimate of drug-likeness (QED) is 0.745. The van der Waals surface area contributed by atoms with Crippen LogP contribution in [0, 0.1) is 0 Å². The summed E-state index contributed by atoms with van der Waals surface area (Å²) >= 11 is 18.7. The lowest BCUT2D eigenvalue weighted by Crippen LogP contribution is -2.16. The zero-order valence-corrected chi connectivity index (χ0v) is 11.7. The maximum atomic E-state index is 11.8. The molecule has 0 aromatic carbocycles. The maximum Gasteiger partial charge on any atom is 0.287 e. The number of ketones is 2. The largest absolute Gasteiger partial charge is 0.287 e. The number of Topliss-reactive ketones (excluding diaryl/α,β-unsaturated/α-hetero) is 2. The molecule has 3 nitrogen and oxygen atoms in total. The summed E-state index contributed by atoms with van der Waals surface area (Å²) in [5.74, 6) is -1.35. The van der Waals surface area contributed by atoms with Crippen molar-refractivity contribution in [3.05, 3.63) is 34.2 Å². The van der Waals surface area contributed by atoms with Crippen LogP contribution in [0.15, 0.2) is 25.3 Å². The molecule has 1 aliphatic rings. The van der Waals surface area contributed by atoms with Crippen LogP contribution in [-0.4, -0.2) is 11.6 Å². The molecule has 1 aliphatic carbocycles. The first-order chi connectivity index (χ1) is 7.93. The Morgan fingerprint density at radius 3 is 2.00 bits per heavy atom. The lowest BCUT2D eigenvalue weighted by atomic mass is 10.0. The minimum absolute atomic E-state index is 0.0607. The molecule has 1 aromatic heterocycles. The third kappa shape index (κ3) is 2.13. The summed E-state index contributed by atoms with van der Waals surface area (Å²) in [5, 5.41) is 0.382. The first-order valence-corrected chi connectivity index (χ1v) is 6.90. The van der Waals surface area contributed by atoms with Crippen LogP contribution in [0.5, 0.6) is 0 Å². The van der Waals surface area contributed by atoms with Crippen LogP contribution in [-0.2, 0) is 9.59 Å². The molecule has 0 fully saturated rings. The molecular weight excluding hydrogens is 327 g/mol. The number of allylic oxidation sites excluding steroid dienone is 4. The molecule has 17 heavy (non-hydrogen) atoms. The molecule has 8 heteroatoms. The Hall–Kier alpha value is -0.460. The van der Waals surface area contributed by atoms with E-state index in [9.17, 15) is 14.4 Å². The first-order valence-electron chi connectivity index (χ1n) is 4.07. The fourth-order valence-electron chi connectivity index (χ4n) is 1.19. The minimum atomic E-state index is -0.709. The zero-order valence-electron chi connectivity index (χ0n) is 7.75.